The van der Waals surface area contributed by atoms with Crippen molar-refractivity contribution in [3.63, 3.8) is 0 Å². The Labute approximate surface area is 168 Å². The summed E-state index contributed by atoms with van der Waals surface area (Å²) in [7, 11) is 0. The molecular weight excluding hydrogens is 488 g/mol. The van der Waals surface area contributed by atoms with Gasteiger partial charge in [-0.2, -0.15) is 0 Å². The summed E-state index contributed by atoms with van der Waals surface area (Å²) in [4.78, 5) is 6.94. The van der Waals surface area contributed by atoms with Crippen molar-refractivity contribution in [3.8, 4) is 0 Å². The van der Waals surface area contributed by atoms with Crippen molar-refractivity contribution in [1.82, 2.24) is 10.2 Å². The van der Waals surface area contributed by atoms with Crippen molar-refractivity contribution in [2.24, 2.45) is 10.4 Å². The number of hydrogen-bond acceptors (Lipinski definition) is 2. The van der Waals surface area contributed by atoms with E-state index >= 15 is 0 Å². The molecule has 134 valence electrons. The number of likely N-dealkylation sites (tertiary alicyclic amines) is 1. The molecule has 7 heteroatoms. The largest absolute Gasteiger partial charge is 0.381 e. The zero-order chi connectivity index (χ0) is 16.3. The molecule has 0 amide bonds. The van der Waals surface area contributed by atoms with Gasteiger partial charge in [0.15, 0.2) is 5.96 Å². The summed E-state index contributed by atoms with van der Waals surface area (Å²) in [6, 6.07) is 4.97. The van der Waals surface area contributed by atoms with Gasteiger partial charge in [-0.05, 0) is 38.0 Å². The van der Waals surface area contributed by atoms with Crippen molar-refractivity contribution < 1.29 is 9.13 Å². The fraction of sp³-hybridized carbons (Fsp3) is 0.588. The molecule has 2 fully saturated rings. The molecule has 1 aromatic carbocycles. The Morgan fingerprint density at radius 3 is 3.00 bits per heavy atom. The third-order valence-electron chi connectivity index (χ3n) is 4.66. The molecule has 3 rings (SSSR count). The monoisotopic (exact) mass is 511 g/mol. The van der Waals surface area contributed by atoms with Gasteiger partial charge >= 0.3 is 0 Å². The zero-order valence-corrected chi connectivity index (χ0v) is 17.8. The van der Waals surface area contributed by atoms with E-state index in [0.29, 0.717) is 12.1 Å². The van der Waals surface area contributed by atoms with E-state index in [1.807, 2.05) is 0 Å². The molecule has 0 aliphatic carbocycles. The highest BCUT2D eigenvalue weighted by Crippen LogP contribution is 2.38. The van der Waals surface area contributed by atoms with Gasteiger partial charge in [-0.3, -0.25) is 0 Å². The second kappa shape index (κ2) is 8.80. The number of nitrogens with zero attached hydrogens (tertiary/aromatic N) is 2. The van der Waals surface area contributed by atoms with Gasteiger partial charge in [0.2, 0.25) is 0 Å². The average Bonchev–Trinajstić information content (AvgIpc) is 3.17. The summed E-state index contributed by atoms with van der Waals surface area (Å²) in [5.74, 6) is 0.658. The summed E-state index contributed by atoms with van der Waals surface area (Å²) in [6.45, 7) is 6.87. The molecule has 1 aromatic rings. The summed E-state index contributed by atoms with van der Waals surface area (Å²) in [6.07, 6.45) is 2.27. The summed E-state index contributed by atoms with van der Waals surface area (Å²) in [5.41, 5.74) is 0.893. The Morgan fingerprint density at radius 2 is 2.29 bits per heavy atom. The van der Waals surface area contributed by atoms with Crippen molar-refractivity contribution in [1.29, 1.82) is 0 Å². The first kappa shape index (κ1) is 19.9. The van der Waals surface area contributed by atoms with Gasteiger partial charge in [-0.1, -0.05) is 15.9 Å². The highest BCUT2D eigenvalue weighted by molar-refractivity contribution is 14.0. The first-order valence-electron chi connectivity index (χ1n) is 8.17. The highest BCUT2D eigenvalue weighted by atomic mass is 127. The zero-order valence-electron chi connectivity index (χ0n) is 13.9. The number of hydrogen-bond donors (Lipinski definition) is 1. The van der Waals surface area contributed by atoms with Crippen molar-refractivity contribution >= 4 is 45.9 Å². The van der Waals surface area contributed by atoms with Crippen LogP contribution in [0.3, 0.4) is 0 Å². The van der Waals surface area contributed by atoms with E-state index in [2.05, 4.69) is 38.1 Å². The topological polar surface area (TPSA) is 36.9 Å². The predicted octanol–water partition coefficient (Wildman–Crippen LogP) is 3.78. The van der Waals surface area contributed by atoms with Crippen LogP contribution in [-0.2, 0) is 11.3 Å². The predicted molar refractivity (Wildman–Crippen MR) is 108 cm³/mol. The van der Waals surface area contributed by atoms with Gasteiger partial charge in [-0.25, -0.2) is 9.38 Å². The molecular formula is C17H24BrFIN3O. The summed E-state index contributed by atoms with van der Waals surface area (Å²) < 4.78 is 20.3. The minimum atomic E-state index is -0.213. The van der Waals surface area contributed by atoms with Crippen LogP contribution in [0.2, 0.25) is 0 Å². The SMILES string of the molecule is CCNC(=NCc1cc(Br)ccc1F)N1CCC2(CCOC2)C1.I. The maximum absolute atomic E-state index is 13.9. The van der Waals surface area contributed by atoms with Gasteiger partial charge in [-0.15, -0.1) is 24.0 Å². The Morgan fingerprint density at radius 1 is 1.46 bits per heavy atom. The smallest absolute Gasteiger partial charge is 0.194 e. The van der Waals surface area contributed by atoms with Crippen LogP contribution in [-0.4, -0.2) is 43.7 Å². The quantitative estimate of drug-likeness (QED) is 0.381. The number of guanidine groups is 1. The van der Waals surface area contributed by atoms with Gasteiger partial charge < -0.3 is 15.0 Å². The molecule has 0 saturated carbocycles. The number of ether oxygens (including phenoxy) is 1. The van der Waals surface area contributed by atoms with E-state index in [0.717, 1.165) is 56.1 Å². The lowest BCUT2D eigenvalue weighted by atomic mass is 9.87. The average molecular weight is 512 g/mol. The first-order valence-corrected chi connectivity index (χ1v) is 8.96. The number of nitrogens with one attached hydrogen (secondary N) is 1. The van der Waals surface area contributed by atoms with Crippen LogP contribution >= 0.6 is 39.9 Å². The summed E-state index contributed by atoms with van der Waals surface area (Å²) >= 11 is 3.39. The van der Waals surface area contributed by atoms with E-state index in [1.54, 1.807) is 12.1 Å². The minimum absolute atomic E-state index is 0. The lowest BCUT2D eigenvalue weighted by Gasteiger charge is -2.25. The Balaban J connectivity index is 0.00000208. The molecule has 2 saturated heterocycles. The maximum Gasteiger partial charge on any atom is 0.194 e. The molecule has 1 atom stereocenters. The molecule has 2 heterocycles. The van der Waals surface area contributed by atoms with Crippen molar-refractivity contribution in [2.75, 3.05) is 32.8 Å². The lowest BCUT2D eigenvalue weighted by molar-refractivity contribution is 0.156. The molecule has 0 radical (unpaired) electrons. The molecule has 0 bridgehead atoms. The van der Waals surface area contributed by atoms with E-state index in [-0.39, 0.29) is 35.2 Å². The second-order valence-electron chi connectivity index (χ2n) is 6.38. The first-order chi connectivity index (χ1) is 11.1. The fourth-order valence-corrected chi connectivity index (χ4v) is 3.75. The van der Waals surface area contributed by atoms with E-state index < -0.39 is 0 Å². The van der Waals surface area contributed by atoms with E-state index in [4.69, 9.17) is 4.74 Å². The number of rotatable bonds is 3. The van der Waals surface area contributed by atoms with E-state index in [9.17, 15) is 4.39 Å². The third-order valence-corrected chi connectivity index (χ3v) is 5.16. The maximum atomic E-state index is 13.9. The van der Waals surface area contributed by atoms with Crippen LogP contribution in [0.25, 0.3) is 0 Å². The van der Waals surface area contributed by atoms with Crippen LogP contribution in [0.15, 0.2) is 27.7 Å². The Hall–Kier alpha value is -0.410. The standard InChI is InChI=1S/C17H23BrFN3O.HI/c1-2-20-16(21-10-13-9-14(18)3-4-15(13)19)22-7-5-17(11-22)6-8-23-12-17;/h3-4,9H,2,5-8,10-12H2,1H3,(H,20,21);1H. The van der Waals surface area contributed by atoms with Crippen LogP contribution in [0.4, 0.5) is 4.39 Å². The number of benzene rings is 1. The van der Waals surface area contributed by atoms with Crippen LogP contribution < -0.4 is 5.32 Å². The van der Waals surface area contributed by atoms with E-state index in [1.165, 1.54) is 6.07 Å². The van der Waals surface area contributed by atoms with Gasteiger partial charge in [0, 0.05) is 41.7 Å². The van der Waals surface area contributed by atoms with Crippen LogP contribution in [0, 0.1) is 11.2 Å². The Bertz CT molecular complexity index is 593. The number of aliphatic imine (C=N–C) groups is 1. The van der Waals surface area contributed by atoms with Crippen LogP contribution in [0.1, 0.15) is 25.3 Å². The molecule has 4 nitrogen and oxygen atoms in total. The lowest BCUT2D eigenvalue weighted by Crippen LogP contribution is -2.41. The Kier molecular flexibility index (Phi) is 7.30. The normalized spacial score (nSPS) is 23.6. The molecule has 2 aliphatic heterocycles. The molecule has 1 N–H and O–H groups in total. The molecule has 0 aromatic heterocycles. The molecule has 1 spiro atoms. The van der Waals surface area contributed by atoms with Crippen molar-refractivity contribution in [3.05, 3.63) is 34.1 Å². The van der Waals surface area contributed by atoms with Crippen molar-refractivity contribution in [2.45, 2.75) is 26.3 Å². The summed E-state index contributed by atoms with van der Waals surface area (Å²) in [5, 5.41) is 3.34. The molecule has 1 unspecified atom stereocenters. The van der Waals surface area contributed by atoms with Gasteiger partial charge in [0.1, 0.15) is 5.82 Å². The van der Waals surface area contributed by atoms with Crippen LogP contribution in [0.5, 0.6) is 0 Å². The molecule has 2 aliphatic rings. The van der Waals surface area contributed by atoms with Gasteiger partial charge in [0.25, 0.3) is 0 Å². The van der Waals surface area contributed by atoms with Gasteiger partial charge in [0.05, 0.1) is 13.2 Å². The number of halogens is 3. The third kappa shape index (κ3) is 4.60. The second-order valence-corrected chi connectivity index (χ2v) is 7.30. The fourth-order valence-electron chi connectivity index (χ4n) is 3.34. The minimum Gasteiger partial charge on any atom is -0.381 e. The highest BCUT2D eigenvalue weighted by Gasteiger charge is 2.42. The molecule has 24 heavy (non-hydrogen) atoms.